The molecule has 2 rings (SSSR count). The van der Waals surface area contributed by atoms with Crippen LogP contribution in [0.25, 0.3) is 0 Å². The number of hydrogen-bond acceptors (Lipinski definition) is 3. The molecule has 0 heterocycles. The lowest BCUT2D eigenvalue weighted by Gasteiger charge is -2.16. The number of benzene rings is 2. The van der Waals surface area contributed by atoms with E-state index < -0.39 is 59.2 Å². The third kappa shape index (κ3) is 9.22. The monoisotopic (exact) mass is 502 g/mol. The topological polar surface area (TPSA) is 27.7 Å². The van der Waals surface area contributed by atoms with E-state index in [2.05, 4.69) is 0 Å². The summed E-state index contributed by atoms with van der Waals surface area (Å²) in [6, 6.07) is 2.14. The highest BCUT2D eigenvalue weighted by Crippen LogP contribution is 2.22. The Balaban J connectivity index is 2.20. The molecule has 0 bridgehead atoms. The molecule has 0 atom stereocenters. The molecule has 0 spiro atoms. The minimum atomic E-state index is -1.12. The molecule has 2 aromatic rings. The summed E-state index contributed by atoms with van der Waals surface area (Å²) in [6.07, 6.45) is 7.31. The molecule has 0 saturated carbocycles. The lowest BCUT2D eigenvalue weighted by atomic mass is 10.2. The predicted octanol–water partition coefficient (Wildman–Crippen LogP) is 8.33. The molecule has 0 aromatic heterocycles. The van der Waals surface area contributed by atoms with Crippen molar-refractivity contribution in [3.05, 3.63) is 94.3 Å². The Hall–Kier alpha value is -3.10. The van der Waals surface area contributed by atoms with Gasteiger partial charge in [-0.3, -0.25) is 0 Å². The Morgan fingerprint density at radius 3 is 1.29 bits per heavy atom. The quantitative estimate of drug-likeness (QED) is 0.148. The van der Waals surface area contributed by atoms with Crippen molar-refractivity contribution in [3.63, 3.8) is 0 Å². The van der Waals surface area contributed by atoms with Crippen LogP contribution in [0.5, 0.6) is 0 Å². The van der Waals surface area contributed by atoms with Gasteiger partial charge in [0.2, 0.25) is 0 Å². The van der Waals surface area contributed by atoms with Gasteiger partial charge in [0.15, 0.2) is 0 Å². The number of rotatable bonds is 14. The minimum absolute atomic E-state index is 0.149. The second kappa shape index (κ2) is 14.3. The fourth-order valence-electron chi connectivity index (χ4n) is 2.91. The maximum Gasteiger partial charge on any atom is 0.283 e. The van der Waals surface area contributed by atoms with E-state index in [1.54, 1.807) is 12.2 Å². The molecule has 0 unspecified atom stereocenters. The zero-order chi connectivity index (χ0) is 25.8. The standard InChI is InChI=1S/C26H28F6O3/c1-3-5-7-9-25(33-15-19-21(29)11-17(27)12-22(19)30)35-26(10-8-6-4-2)34-16-20-23(31)13-18(28)14-24(20)32/h9-14H,3-8,15-16H2,1-2H3/b25-9-,26-10-. The summed E-state index contributed by atoms with van der Waals surface area (Å²) in [5.74, 6) is -6.89. The van der Waals surface area contributed by atoms with Gasteiger partial charge in [0, 0.05) is 24.3 Å². The van der Waals surface area contributed by atoms with E-state index in [0.717, 1.165) is 25.7 Å². The Labute approximate surface area is 201 Å². The van der Waals surface area contributed by atoms with Crippen molar-refractivity contribution in [3.8, 4) is 0 Å². The first-order valence-corrected chi connectivity index (χ1v) is 11.4. The molecule has 9 heteroatoms. The van der Waals surface area contributed by atoms with Crippen LogP contribution in [0, 0.1) is 34.9 Å². The summed E-state index contributed by atoms with van der Waals surface area (Å²) in [6.45, 7) is 2.73. The van der Waals surface area contributed by atoms with E-state index in [-0.39, 0.29) is 11.9 Å². The SMILES string of the molecule is CCCC/C=C(/OCc1c(F)cc(F)cc1F)O/C(=C\CCCC)OCc1c(F)cc(F)cc1F. The third-order valence-corrected chi connectivity index (χ3v) is 4.87. The number of unbranched alkanes of at least 4 members (excludes halogenated alkanes) is 4. The molecular formula is C26H28F6O3. The summed E-state index contributed by atoms with van der Waals surface area (Å²) in [7, 11) is 0. The van der Waals surface area contributed by atoms with Gasteiger partial charge in [-0.25, -0.2) is 26.3 Å². The first-order valence-electron chi connectivity index (χ1n) is 11.4. The smallest absolute Gasteiger partial charge is 0.283 e. The summed E-state index contributed by atoms with van der Waals surface area (Å²) >= 11 is 0. The van der Waals surface area contributed by atoms with Crippen LogP contribution in [0.3, 0.4) is 0 Å². The van der Waals surface area contributed by atoms with E-state index in [9.17, 15) is 26.3 Å². The van der Waals surface area contributed by atoms with E-state index in [0.29, 0.717) is 37.1 Å². The number of halogens is 6. The van der Waals surface area contributed by atoms with Crippen molar-refractivity contribution in [2.45, 2.75) is 65.6 Å². The molecule has 192 valence electrons. The number of ether oxygens (including phenoxy) is 3. The summed E-state index contributed by atoms with van der Waals surface area (Å²) in [5.41, 5.74) is -0.992. The highest BCUT2D eigenvalue weighted by atomic mass is 19.2. The molecule has 3 nitrogen and oxygen atoms in total. The molecule has 0 aliphatic heterocycles. The molecule has 0 aliphatic rings. The fraction of sp³-hybridized carbons (Fsp3) is 0.385. The Morgan fingerprint density at radius 2 is 0.971 bits per heavy atom. The predicted molar refractivity (Wildman–Crippen MR) is 119 cm³/mol. The molecular weight excluding hydrogens is 474 g/mol. The second-order valence-corrected chi connectivity index (χ2v) is 7.71. The van der Waals surface area contributed by atoms with Crippen LogP contribution in [-0.4, -0.2) is 0 Å². The first kappa shape index (κ1) is 28.1. The lowest BCUT2D eigenvalue weighted by molar-refractivity contribution is -0.0182. The van der Waals surface area contributed by atoms with Crippen LogP contribution in [0.4, 0.5) is 26.3 Å². The Bertz CT molecular complexity index is 908. The third-order valence-electron chi connectivity index (χ3n) is 4.87. The van der Waals surface area contributed by atoms with Crippen LogP contribution >= 0.6 is 0 Å². The van der Waals surface area contributed by atoms with E-state index in [1.165, 1.54) is 0 Å². The van der Waals surface area contributed by atoms with Crippen LogP contribution in [0.1, 0.15) is 63.5 Å². The maximum atomic E-state index is 14.0. The molecule has 0 aliphatic carbocycles. The molecule has 0 radical (unpaired) electrons. The molecule has 0 fully saturated rings. The number of hydrogen-bond donors (Lipinski definition) is 0. The molecule has 35 heavy (non-hydrogen) atoms. The maximum absolute atomic E-state index is 14.0. The van der Waals surface area contributed by atoms with Crippen molar-refractivity contribution in [2.75, 3.05) is 0 Å². The second-order valence-electron chi connectivity index (χ2n) is 7.71. The highest BCUT2D eigenvalue weighted by Gasteiger charge is 2.16. The average molecular weight is 502 g/mol. The zero-order valence-corrected chi connectivity index (χ0v) is 19.6. The van der Waals surface area contributed by atoms with Gasteiger partial charge >= 0.3 is 0 Å². The van der Waals surface area contributed by atoms with Crippen molar-refractivity contribution >= 4 is 0 Å². The van der Waals surface area contributed by atoms with Gasteiger partial charge < -0.3 is 14.2 Å². The van der Waals surface area contributed by atoms with Crippen molar-refractivity contribution in [2.24, 2.45) is 0 Å². The van der Waals surface area contributed by atoms with Gasteiger partial charge in [-0.15, -0.1) is 0 Å². The Morgan fingerprint density at radius 1 is 0.629 bits per heavy atom. The van der Waals surface area contributed by atoms with Crippen LogP contribution in [0.2, 0.25) is 0 Å². The van der Waals surface area contributed by atoms with Crippen LogP contribution < -0.4 is 0 Å². The van der Waals surface area contributed by atoms with Crippen LogP contribution in [0.15, 0.2) is 48.3 Å². The zero-order valence-electron chi connectivity index (χ0n) is 19.6. The number of allylic oxidation sites excluding steroid dienone is 2. The van der Waals surface area contributed by atoms with Crippen molar-refractivity contribution in [1.29, 1.82) is 0 Å². The minimum Gasteiger partial charge on any atom is -0.460 e. The van der Waals surface area contributed by atoms with Crippen molar-refractivity contribution in [1.82, 2.24) is 0 Å². The normalized spacial score (nSPS) is 12.1. The summed E-state index contributed by atoms with van der Waals surface area (Å²) < 4.78 is 98.9. The van der Waals surface area contributed by atoms with E-state index in [1.807, 2.05) is 13.8 Å². The fourth-order valence-corrected chi connectivity index (χ4v) is 2.91. The van der Waals surface area contributed by atoms with Gasteiger partial charge in [-0.2, -0.15) is 0 Å². The van der Waals surface area contributed by atoms with Gasteiger partial charge in [-0.1, -0.05) is 26.7 Å². The van der Waals surface area contributed by atoms with Gasteiger partial charge in [-0.05, 0) is 37.8 Å². The van der Waals surface area contributed by atoms with Gasteiger partial charge in [0.05, 0.1) is 11.1 Å². The van der Waals surface area contributed by atoms with E-state index in [4.69, 9.17) is 14.2 Å². The largest absolute Gasteiger partial charge is 0.460 e. The average Bonchev–Trinajstić information content (AvgIpc) is 2.77. The van der Waals surface area contributed by atoms with Gasteiger partial charge in [0.1, 0.15) is 48.1 Å². The summed E-state index contributed by atoms with van der Waals surface area (Å²) in [5, 5.41) is 0. The van der Waals surface area contributed by atoms with Crippen LogP contribution in [-0.2, 0) is 27.4 Å². The Kier molecular flexibility index (Phi) is 11.5. The summed E-state index contributed by atoms with van der Waals surface area (Å²) in [4.78, 5) is 0. The molecule has 2 aromatic carbocycles. The molecule has 0 N–H and O–H groups in total. The molecule has 0 saturated heterocycles. The van der Waals surface area contributed by atoms with E-state index >= 15 is 0 Å². The van der Waals surface area contributed by atoms with Crippen molar-refractivity contribution < 1.29 is 40.6 Å². The highest BCUT2D eigenvalue weighted by molar-refractivity contribution is 5.21. The lowest BCUT2D eigenvalue weighted by Crippen LogP contribution is -2.07. The van der Waals surface area contributed by atoms with Gasteiger partial charge in [0.25, 0.3) is 11.9 Å². The first-order chi connectivity index (χ1) is 16.7. The molecule has 0 amide bonds.